The van der Waals surface area contributed by atoms with E-state index in [1.54, 1.807) is 0 Å². The van der Waals surface area contributed by atoms with Gasteiger partial charge in [0.25, 0.3) is 0 Å². The van der Waals surface area contributed by atoms with Crippen molar-refractivity contribution < 1.29 is 4.74 Å². The summed E-state index contributed by atoms with van der Waals surface area (Å²) in [5.74, 6) is 3.02. The van der Waals surface area contributed by atoms with Gasteiger partial charge in [0.05, 0.1) is 12.3 Å². The van der Waals surface area contributed by atoms with Crippen LogP contribution in [0.1, 0.15) is 58.4 Å². The summed E-state index contributed by atoms with van der Waals surface area (Å²) in [5, 5.41) is 6.63. The summed E-state index contributed by atoms with van der Waals surface area (Å²) in [6.45, 7) is 9.46. The van der Waals surface area contributed by atoms with E-state index < -0.39 is 0 Å². The van der Waals surface area contributed by atoms with Gasteiger partial charge >= 0.3 is 0 Å². The molecule has 2 N–H and O–H groups in total. The van der Waals surface area contributed by atoms with Crippen LogP contribution in [0.4, 0.5) is 5.82 Å². The molecule has 0 fully saturated rings. The van der Waals surface area contributed by atoms with E-state index in [9.17, 15) is 0 Å². The van der Waals surface area contributed by atoms with Crippen LogP contribution in [0.3, 0.4) is 0 Å². The van der Waals surface area contributed by atoms with E-state index in [0.717, 1.165) is 77.9 Å². The lowest BCUT2D eigenvalue weighted by Crippen LogP contribution is -2.28. The highest BCUT2D eigenvalue weighted by Crippen LogP contribution is 2.34. The molecule has 4 aromatic rings. The Kier molecular flexibility index (Phi) is 13.5. The predicted octanol–water partition coefficient (Wildman–Crippen LogP) is 9.56. The third kappa shape index (κ3) is 10.6. The van der Waals surface area contributed by atoms with Crippen LogP contribution >= 0.6 is 23.7 Å². The van der Waals surface area contributed by atoms with Crippen molar-refractivity contribution in [2.45, 2.75) is 64.3 Å². The molecule has 2 heterocycles. The van der Waals surface area contributed by atoms with Crippen LogP contribution in [-0.4, -0.2) is 41.7 Å². The Balaban J connectivity index is 1.37. The molecule has 0 saturated carbocycles. The molecule has 2 aromatic carbocycles. The van der Waals surface area contributed by atoms with Gasteiger partial charge in [0, 0.05) is 36.2 Å². The fourth-order valence-electron chi connectivity index (χ4n) is 5.21. The monoisotopic (exact) mass is 628 g/mol. The normalized spacial score (nSPS) is 11.5. The van der Waals surface area contributed by atoms with Gasteiger partial charge < -0.3 is 9.64 Å². The number of nitrogens with zero attached hydrogens (tertiary/aromatic N) is 3. The van der Waals surface area contributed by atoms with E-state index in [0.29, 0.717) is 6.61 Å². The van der Waals surface area contributed by atoms with Crippen molar-refractivity contribution in [3.05, 3.63) is 90.6 Å². The van der Waals surface area contributed by atoms with Crippen LogP contribution in [0.25, 0.3) is 22.4 Å². The number of pyridine rings is 2. The fraction of sp³-hybridized carbons (Fsp3) is 0.405. The smallest absolute Gasteiger partial charge is 0.129 e. The molecule has 0 aliphatic rings. The van der Waals surface area contributed by atoms with Crippen molar-refractivity contribution in [3.8, 4) is 28.1 Å². The zero-order valence-corrected chi connectivity index (χ0v) is 28.4. The van der Waals surface area contributed by atoms with Crippen molar-refractivity contribution in [2.75, 3.05) is 36.6 Å². The first kappa shape index (κ1) is 33.9. The molecule has 4 rings (SSSR count). The Morgan fingerprint density at radius 2 is 1.64 bits per heavy atom. The lowest BCUT2D eigenvalue weighted by atomic mass is 9.93. The Morgan fingerprint density at radius 3 is 2.45 bits per heavy atom. The average Bonchev–Trinajstić information content (AvgIpc) is 3.04. The Morgan fingerprint density at radius 1 is 0.841 bits per heavy atom. The minimum Gasteiger partial charge on any atom is -0.494 e. The lowest BCUT2D eigenvalue weighted by Gasteiger charge is -2.23. The van der Waals surface area contributed by atoms with Gasteiger partial charge in [-0.15, -0.1) is 0 Å². The second kappa shape index (κ2) is 17.5. The molecule has 0 aliphatic heterocycles. The minimum absolute atomic E-state index is 0.250. The zero-order chi connectivity index (χ0) is 31.2. The van der Waals surface area contributed by atoms with Crippen LogP contribution < -0.4 is 14.8 Å². The highest BCUT2D eigenvalue weighted by Gasteiger charge is 2.14. The quantitative estimate of drug-likeness (QED) is 0.0923. The third-order valence-corrected chi connectivity index (χ3v) is 8.75. The van der Waals surface area contributed by atoms with Gasteiger partial charge in [-0.2, -0.15) is 11.8 Å². The van der Waals surface area contributed by atoms with Gasteiger partial charge in [0.15, 0.2) is 0 Å². The molecule has 234 valence electrons. The molecule has 2 aromatic heterocycles. The number of thioether (sulfide) groups is 1. The number of unbranched alkanes of at least 4 members (excludes halogenated alkanes) is 3. The van der Waals surface area contributed by atoms with Crippen molar-refractivity contribution in [3.63, 3.8) is 0 Å². The second-order valence-electron chi connectivity index (χ2n) is 12.3. The minimum atomic E-state index is 0.250. The summed E-state index contributed by atoms with van der Waals surface area (Å²) in [6, 6.07) is 27.5. The summed E-state index contributed by atoms with van der Waals surface area (Å²) in [4.78, 5) is 12.0. The summed E-state index contributed by atoms with van der Waals surface area (Å²) in [7, 11) is 0. The van der Waals surface area contributed by atoms with Gasteiger partial charge in [-0.05, 0) is 90.8 Å². The van der Waals surface area contributed by atoms with E-state index in [4.69, 9.17) is 19.8 Å². The van der Waals surface area contributed by atoms with Crippen molar-refractivity contribution >= 4 is 29.5 Å². The molecule has 5 nitrogen and oxygen atoms in total. The Hall–Kier alpha value is -3.00. The van der Waals surface area contributed by atoms with Crippen LogP contribution in [0.15, 0.2) is 90.1 Å². The van der Waals surface area contributed by atoms with E-state index in [2.05, 4.69) is 86.5 Å². The van der Waals surface area contributed by atoms with Gasteiger partial charge in [-0.25, -0.2) is 4.98 Å². The second-order valence-corrected chi connectivity index (χ2v) is 14.0. The maximum atomic E-state index is 6.13. The first-order chi connectivity index (χ1) is 21.4. The first-order valence-electron chi connectivity index (χ1n) is 15.7. The molecular weight excluding hydrogens is 581 g/mol. The molecule has 0 aliphatic carbocycles. The number of aryl methyl sites for hydroxylation is 1. The largest absolute Gasteiger partial charge is 0.494 e. The van der Waals surface area contributed by atoms with Crippen molar-refractivity contribution in [1.29, 1.82) is 0 Å². The predicted molar refractivity (Wildman–Crippen MR) is 192 cm³/mol. The highest BCUT2D eigenvalue weighted by atomic mass is 32.2. The third-order valence-electron chi connectivity index (χ3n) is 7.69. The van der Waals surface area contributed by atoms with Crippen molar-refractivity contribution in [1.82, 2.24) is 9.97 Å². The molecule has 44 heavy (non-hydrogen) atoms. The Labute approximate surface area is 273 Å². The van der Waals surface area contributed by atoms with E-state index in [1.807, 2.05) is 42.2 Å². The SMILES string of the molecule is CSCCN(CCCCCCc1ccccc1-c1ncccc1-c1cccc(OCCC(C)(C)C)c1)c1cccc(SN)n1. The topological polar surface area (TPSA) is 64.3 Å². The van der Waals surface area contributed by atoms with Crippen LogP contribution in [0, 0.1) is 5.41 Å². The van der Waals surface area contributed by atoms with Crippen LogP contribution in [0.2, 0.25) is 0 Å². The number of nitrogens with two attached hydrogens (primary N) is 1. The molecule has 0 unspecified atom stereocenters. The standard InChI is InChI=1S/C37H48N4OS2/c1-37(2,3)22-26-42-31-17-11-16-30(28-31)33-19-13-23-39-36(33)32-18-9-8-15-29(32)14-7-5-6-10-24-41(25-27-43-4)34-20-12-21-35(40-34)44-38/h8-9,11-13,15-21,23,28H,5-7,10,14,22,24-27,38H2,1-4H3. The van der Waals surface area contributed by atoms with Gasteiger partial charge in [0.2, 0.25) is 0 Å². The van der Waals surface area contributed by atoms with E-state index >= 15 is 0 Å². The van der Waals surface area contributed by atoms with Gasteiger partial charge in [0.1, 0.15) is 16.6 Å². The number of rotatable bonds is 17. The zero-order valence-electron chi connectivity index (χ0n) is 26.8. The molecule has 0 saturated heterocycles. The highest BCUT2D eigenvalue weighted by molar-refractivity contribution is 7.98. The summed E-state index contributed by atoms with van der Waals surface area (Å²) >= 11 is 3.08. The molecule has 0 radical (unpaired) electrons. The number of anilines is 1. The van der Waals surface area contributed by atoms with Crippen molar-refractivity contribution in [2.24, 2.45) is 10.6 Å². The van der Waals surface area contributed by atoms with Crippen LogP contribution in [0.5, 0.6) is 5.75 Å². The molecule has 0 bridgehead atoms. The maximum Gasteiger partial charge on any atom is 0.129 e. The van der Waals surface area contributed by atoms with E-state index in [1.165, 1.54) is 35.9 Å². The summed E-state index contributed by atoms with van der Waals surface area (Å²) in [5.41, 5.74) is 6.12. The molecule has 0 spiro atoms. The Bertz CT molecular complexity index is 1440. The number of aromatic nitrogens is 2. The summed E-state index contributed by atoms with van der Waals surface area (Å²) in [6.07, 6.45) is 10.8. The number of ether oxygens (including phenoxy) is 1. The maximum absolute atomic E-state index is 6.13. The molecule has 0 atom stereocenters. The number of hydrogen-bond acceptors (Lipinski definition) is 7. The molecular formula is C37H48N4OS2. The van der Waals surface area contributed by atoms with Gasteiger partial charge in [-0.3, -0.25) is 10.1 Å². The van der Waals surface area contributed by atoms with Crippen LogP contribution in [-0.2, 0) is 6.42 Å². The average molecular weight is 629 g/mol. The first-order valence-corrected chi connectivity index (χ1v) is 18.0. The molecule has 0 amide bonds. The number of hydrogen-bond donors (Lipinski definition) is 1. The fourth-order valence-corrected chi connectivity index (χ4v) is 5.92. The lowest BCUT2D eigenvalue weighted by molar-refractivity contribution is 0.243. The van der Waals surface area contributed by atoms with Gasteiger partial charge in [-0.1, -0.05) is 82.1 Å². The molecule has 7 heteroatoms. The summed E-state index contributed by atoms with van der Waals surface area (Å²) < 4.78 is 6.13. The van der Waals surface area contributed by atoms with E-state index in [-0.39, 0.29) is 5.41 Å². The number of benzene rings is 2.